The van der Waals surface area contributed by atoms with Gasteiger partial charge >= 0.3 is 0 Å². The molecule has 0 radical (unpaired) electrons. The van der Waals surface area contributed by atoms with Crippen LogP contribution in [0.5, 0.6) is 0 Å². The van der Waals surface area contributed by atoms with Gasteiger partial charge in [0.25, 0.3) is 0 Å². The summed E-state index contributed by atoms with van der Waals surface area (Å²) in [7, 11) is 0. The quantitative estimate of drug-likeness (QED) is 0.182. The first kappa shape index (κ1) is 27.5. The zero-order chi connectivity index (χ0) is 32.8. The first-order valence-electron chi connectivity index (χ1n) is 17.4. The van der Waals surface area contributed by atoms with Crippen LogP contribution in [-0.2, 0) is 5.41 Å². The largest absolute Gasteiger partial charge is 0.309 e. The summed E-state index contributed by atoms with van der Waals surface area (Å²) in [5, 5.41) is 2.55. The molecule has 0 saturated heterocycles. The molecule has 8 aromatic carbocycles. The van der Waals surface area contributed by atoms with E-state index >= 15 is 0 Å². The van der Waals surface area contributed by atoms with Gasteiger partial charge in [-0.15, -0.1) is 0 Å². The van der Waals surface area contributed by atoms with E-state index in [2.05, 4.69) is 193 Å². The van der Waals surface area contributed by atoms with E-state index < -0.39 is 5.41 Å². The molecule has 11 rings (SSSR count). The summed E-state index contributed by atoms with van der Waals surface area (Å²) < 4.78 is 2.52. The molecule has 1 heteroatoms. The summed E-state index contributed by atoms with van der Waals surface area (Å²) in [6, 6.07) is 69.8. The Balaban J connectivity index is 1.36. The molecular formula is C49H31N. The second-order valence-electron chi connectivity index (χ2n) is 13.6. The number of para-hydroxylation sites is 2. The molecule has 0 unspecified atom stereocenters. The van der Waals surface area contributed by atoms with Crippen molar-refractivity contribution in [3.63, 3.8) is 0 Å². The van der Waals surface area contributed by atoms with Gasteiger partial charge in [0.05, 0.1) is 16.4 Å². The Morgan fingerprint density at radius 1 is 0.340 bits per heavy atom. The molecule has 0 aliphatic heterocycles. The van der Waals surface area contributed by atoms with Crippen molar-refractivity contribution in [3.05, 3.63) is 210 Å². The fourth-order valence-corrected chi connectivity index (χ4v) is 9.19. The lowest BCUT2D eigenvalue weighted by atomic mass is 9.69. The molecular weight excluding hydrogens is 603 g/mol. The molecule has 232 valence electrons. The van der Waals surface area contributed by atoms with E-state index in [0.29, 0.717) is 0 Å². The number of aromatic nitrogens is 1. The van der Waals surface area contributed by atoms with E-state index in [1.54, 1.807) is 0 Å². The van der Waals surface area contributed by atoms with E-state index in [0.717, 1.165) is 0 Å². The smallest absolute Gasteiger partial charge is 0.0746 e. The summed E-state index contributed by atoms with van der Waals surface area (Å²) in [5.74, 6) is 0. The van der Waals surface area contributed by atoms with E-state index in [4.69, 9.17) is 0 Å². The van der Waals surface area contributed by atoms with Crippen LogP contribution in [-0.4, -0.2) is 4.57 Å². The van der Waals surface area contributed by atoms with E-state index in [-0.39, 0.29) is 0 Å². The molecule has 0 saturated carbocycles. The maximum Gasteiger partial charge on any atom is 0.0746 e. The lowest BCUT2D eigenvalue weighted by Gasteiger charge is -2.32. The SMILES string of the molecule is c1ccc(-c2ccc3c(c2)C2(c4cc(-c5ccccc5)ccc4-3)c3ccccc3-c3ccc4c5ccccc5n(-c5ccccc5)c4c32)cc1. The zero-order valence-corrected chi connectivity index (χ0v) is 27.3. The molecule has 1 spiro atoms. The summed E-state index contributed by atoms with van der Waals surface area (Å²) >= 11 is 0. The molecule has 2 aliphatic carbocycles. The Bertz CT molecular complexity index is 2700. The number of nitrogens with zero attached hydrogens (tertiary/aromatic N) is 1. The van der Waals surface area contributed by atoms with Crippen molar-refractivity contribution in [2.45, 2.75) is 5.41 Å². The molecule has 0 amide bonds. The average molecular weight is 634 g/mol. The van der Waals surface area contributed by atoms with Crippen molar-refractivity contribution in [2.75, 3.05) is 0 Å². The van der Waals surface area contributed by atoms with Gasteiger partial charge in [0.1, 0.15) is 0 Å². The topological polar surface area (TPSA) is 4.93 Å². The van der Waals surface area contributed by atoms with Gasteiger partial charge < -0.3 is 4.57 Å². The second-order valence-corrected chi connectivity index (χ2v) is 13.6. The van der Waals surface area contributed by atoms with Crippen LogP contribution in [0.15, 0.2) is 188 Å². The first-order chi connectivity index (χ1) is 24.8. The minimum Gasteiger partial charge on any atom is -0.309 e. The number of fused-ring (bicyclic) bond motifs is 14. The maximum atomic E-state index is 2.52. The van der Waals surface area contributed by atoms with Crippen molar-refractivity contribution in [3.8, 4) is 50.2 Å². The van der Waals surface area contributed by atoms with Gasteiger partial charge in [-0.1, -0.05) is 158 Å². The highest BCUT2D eigenvalue weighted by molar-refractivity contribution is 6.14. The minimum absolute atomic E-state index is 0.535. The predicted molar refractivity (Wildman–Crippen MR) is 208 cm³/mol. The van der Waals surface area contributed by atoms with Gasteiger partial charge in [-0.25, -0.2) is 0 Å². The third-order valence-corrected chi connectivity index (χ3v) is 11.2. The normalized spacial score (nSPS) is 13.4. The molecule has 50 heavy (non-hydrogen) atoms. The minimum atomic E-state index is -0.535. The summed E-state index contributed by atoms with van der Waals surface area (Å²) in [6.45, 7) is 0. The third-order valence-electron chi connectivity index (χ3n) is 11.2. The van der Waals surface area contributed by atoms with Crippen molar-refractivity contribution in [1.29, 1.82) is 0 Å². The van der Waals surface area contributed by atoms with Crippen LogP contribution >= 0.6 is 0 Å². The number of hydrogen-bond donors (Lipinski definition) is 0. The fourth-order valence-electron chi connectivity index (χ4n) is 9.19. The Kier molecular flexibility index (Phi) is 5.66. The number of rotatable bonds is 3. The fraction of sp³-hybridized carbons (Fsp3) is 0.0204. The standard InChI is InChI=1S/C49H31N/c1-4-14-32(15-5-1)34-24-26-38-39-27-25-35(33-16-6-2-7-17-33)31-45(39)49(44(38)30-34)43-22-12-10-20-37(43)41-28-29-42-40-21-11-13-23-46(40)50(48(42)47(41)49)36-18-8-3-9-19-36/h1-31H. The Hall–Kier alpha value is -6.44. The van der Waals surface area contributed by atoms with Crippen LogP contribution in [0.4, 0.5) is 0 Å². The molecule has 0 atom stereocenters. The van der Waals surface area contributed by atoms with Crippen molar-refractivity contribution in [1.82, 2.24) is 4.57 Å². The van der Waals surface area contributed by atoms with Crippen molar-refractivity contribution in [2.24, 2.45) is 0 Å². The zero-order valence-electron chi connectivity index (χ0n) is 27.3. The summed E-state index contributed by atoms with van der Waals surface area (Å²) in [6.07, 6.45) is 0. The summed E-state index contributed by atoms with van der Waals surface area (Å²) in [5.41, 5.74) is 18.7. The highest BCUT2D eigenvalue weighted by Gasteiger charge is 2.53. The predicted octanol–water partition coefficient (Wildman–Crippen LogP) is 12.5. The molecule has 1 nitrogen and oxygen atoms in total. The lowest BCUT2D eigenvalue weighted by molar-refractivity contribution is 0.797. The van der Waals surface area contributed by atoms with Crippen LogP contribution in [0.3, 0.4) is 0 Å². The molecule has 2 aliphatic rings. The lowest BCUT2D eigenvalue weighted by Crippen LogP contribution is -2.27. The molecule has 1 heterocycles. The van der Waals surface area contributed by atoms with Crippen LogP contribution in [0, 0.1) is 0 Å². The van der Waals surface area contributed by atoms with E-state index in [9.17, 15) is 0 Å². The average Bonchev–Trinajstić information content (AvgIpc) is 3.80. The van der Waals surface area contributed by atoms with Crippen molar-refractivity contribution < 1.29 is 0 Å². The molecule has 0 N–H and O–H groups in total. The monoisotopic (exact) mass is 633 g/mol. The Morgan fingerprint density at radius 2 is 0.860 bits per heavy atom. The van der Waals surface area contributed by atoms with Gasteiger partial charge in [-0.05, 0) is 91.5 Å². The van der Waals surface area contributed by atoms with Crippen molar-refractivity contribution >= 4 is 21.8 Å². The molecule has 9 aromatic rings. The maximum absolute atomic E-state index is 2.52. The second kappa shape index (κ2) is 10.3. The molecule has 0 bridgehead atoms. The van der Waals surface area contributed by atoms with Gasteiger partial charge in [-0.2, -0.15) is 0 Å². The number of hydrogen-bond acceptors (Lipinski definition) is 0. The first-order valence-corrected chi connectivity index (χ1v) is 17.4. The van der Waals surface area contributed by atoms with E-state index in [1.807, 2.05) is 0 Å². The van der Waals surface area contributed by atoms with Crippen LogP contribution < -0.4 is 0 Å². The highest BCUT2D eigenvalue weighted by atomic mass is 15.0. The Labute approximate surface area is 291 Å². The number of benzene rings is 8. The third kappa shape index (κ3) is 3.56. The van der Waals surface area contributed by atoms with Gasteiger partial charge in [0, 0.05) is 22.0 Å². The van der Waals surface area contributed by atoms with Crippen LogP contribution in [0.1, 0.15) is 22.3 Å². The van der Waals surface area contributed by atoms with Crippen LogP contribution in [0.25, 0.3) is 72.0 Å². The molecule has 1 aromatic heterocycles. The summed E-state index contributed by atoms with van der Waals surface area (Å²) in [4.78, 5) is 0. The van der Waals surface area contributed by atoms with Crippen LogP contribution in [0.2, 0.25) is 0 Å². The van der Waals surface area contributed by atoms with Gasteiger partial charge in [-0.3, -0.25) is 0 Å². The Morgan fingerprint density at radius 3 is 1.52 bits per heavy atom. The van der Waals surface area contributed by atoms with Gasteiger partial charge in [0.2, 0.25) is 0 Å². The molecule has 0 fully saturated rings. The van der Waals surface area contributed by atoms with E-state index in [1.165, 1.54) is 94.3 Å². The highest BCUT2D eigenvalue weighted by Crippen LogP contribution is 2.65. The van der Waals surface area contributed by atoms with Gasteiger partial charge in [0.15, 0.2) is 0 Å².